The van der Waals surface area contributed by atoms with Crippen molar-refractivity contribution in [1.29, 1.82) is 0 Å². The number of hydrogen-bond donors (Lipinski definition) is 2. The van der Waals surface area contributed by atoms with Crippen molar-refractivity contribution in [2.75, 3.05) is 19.7 Å². The Bertz CT molecular complexity index is 230. The van der Waals surface area contributed by atoms with Gasteiger partial charge in [-0.15, -0.1) is 0 Å². The van der Waals surface area contributed by atoms with Crippen LogP contribution in [0.3, 0.4) is 0 Å². The number of aliphatic hydroxyl groups excluding tert-OH is 1. The van der Waals surface area contributed by atoms with Crippen LogP contribution < -0.4 is 5.32 Å². The van der Waals surface area contributed by atoms with Crippen LogP contribution in [-0.2, 0) is 0 Å². The predicted octanol–water partition coefficient (Wildman–Crippen LogP) is 1.36. The molecule has 94 valence electrons. The monoisotopic (exact) mass is 226 g/mol. The maximum absolute atomic E-state index is 9.59. The third-order valence-electron chi connectivity index (χ3n) is 4.00. The Kier molecular flexibility index (Phi) is 3.88. The second-order valence-corrected chi connectivity index (χ2v) is 5.81. The third-order valence-corrected chi connectivity index (χ3v) is 4.00. The molecule has 0 bridgehead atoms. The van der Waals surface area contributed by atoms with Crippen LogP contribution >= 0.6 is 0 Å². The Morgan fingerprint density at radius 2 is 2.12 bits per heavy atom. The molecule has 2 atom stereocenters. The first-order valence-electron chi connectivity index (χ1n) is 6.79. The van der Waals surface area contributed by atoms with Gasteiger partial charge >= 0.3 is 0 Å². The van der Waals surface area contributed by atoms with Gasteiger partial charge in [0.25, 0.3) is 0 Å². The summed E-state index contributed by atoms with van der Waals surface area (Å²) in [5.41, 5.74) is -0.0983. The molecule has 0 radical (unpaired) electrons. The molecule has 1 heterocycles. The summed E-state index contributed by atoms with van der Waals surface area (Å²) >= 11 is 0. The summed E-state index contributed by atoms with van der Waals surface area (Å²) < 4.78 is 0. The van der Waals surface area contributed by atoms with Crippen LogP contribution in [0.5, 0.6) is 0 Å². The zero-order valence-electron chi connectivity index (χ0n) is 10.7. The lowest BCUT2D eigenvalue weighted by Gasteiger charge is -2.36. The first-order chi connectivity index (χ1) is 7.67. The number of rotatable bonds is 6. The first kappa shape index (κ1) is 12.3. The van der Waals surface area contributed by atoms with Crippen LogP contribution in [0.15, 0.2) is 0 Å². The third kappa shape index (κ3) is 2.96. The molecule has 0 aromatic carbocycles. The molecule has 3 nitrogen and oxygen atoms in total. The molecule has 1 saturated carbocycles. The number of nitrogens with one attached hydrogen (secondary N) is 1. The number of nitrogens with zero attached hydrogens (tertiary/aromatic N) is 1. The molecule has 0 aromatic heterocycles. The second kappa shape index (κ2) is 5.03. The van der Waals surface area contributed by atoms with Crippen molar-refractivity contribution in [2.45, 2.75) is 63.6 Å². The zero-order chi connectivity index (χ0) is 11.6. The Labute approximate surface area is 99.2 Å². The summed E-state index contributed by atoms with van der Waals surface area (Å²) in [6.07, 6.45) is 6.47. The van der Waals surface area contributed by atoms with E-state index >= 15 is 0 Å². The Morgan fingerprint density at radius 3 is 2.69 bits per heavy atom. The van der Waals surface area contributed by atoms with Gasteiger partial charge in [-0.25, -0.2) is 0 Å². The van der Waals surface area contributed by atoms with Gasteiger partial charge in [-0.1, -0.05) is 6.92 Å². The molecule has 2 N–H and O–H groups in total. The van der Waals surface area contributed by atoms with E-state index in [1.165, 1.54) is 38.6 Å². The molecule has 0 spiro atoms. The molecule has 1 aliphatic heterocycles. The fourth-order valence-corrected chi connectivity index (χ4v) is 2.88. The lowest BCUT2D eigenvalue weighted by molar-refractivity contribution is 0.111. The molecule has 2 unspecified atom stereocenters. The van der Waals surface area contributed by atoms with Gasteiger partial charge in [0, 0.05) is 18.6 Å². The summed E-state index contributed by atoms with van der Waals surface area (Å²) in [5.74, 6) is 0. The number of likely N-dealkylation sites (tertiary alicyclic amines) is 1. The maximum Gasteiger partial charge on any atom is 0.0623 e. The maximum atomic E-state index is 9.59. The average molecular weight is 226 g/mol. The second-order valence-electron chi connectivity index (χ2n) is 5.81. The predicted molar refractivity (Wildman–Crippen MR) is 66.5 cm³/mol. The fourth-order valence-electron chi connectivity index (χ4n) is 2.88. The van der Waals surface area contributed by atoms with Gasteiger partial charge in [0.15, 0.2) is 0 Å². The van der Waals surface area contributed by atoms with E-state index in [-0.39, 0.29) is 12.1 Å². The van der Waals surface area contributed by atoms with Crippen molar-refractivity contribution < 1.29 is 5.11 Å². The number of aliphatic hydroxyl groups is 1. The van der Waals surface area contributed by atoms with Crippen LogP contribution in [0.1, 0.15) is 46.0 Å². The molecule has 2 aliphatic rings. The first-order valence-corrected chi connectivity index (χ1v) is 6.79. The van der Waals surface area contributed by atoms with Gasteiger partial charge in [-0.2, -0.15) is 0 Å². The van der Waals surface area contributed by atoms with E-state index in [4.69, 9.17) is 0 Å². The topological polar surface area (TPSA) is 35.5 Å². The van der Waals surface area contributed by atoms with E-state index in [0.29, 0.717) is 6.04 Å². The summed E-state index contributed by atoms with van der Waals surface area (Å²) in [7, 11) is 0. The van der Waals surface area contributed by atoms with Crippen LogP contribution in [0.2, 0.25) is 0 Å². The van der Waals surface area contributed by atoms with Crippen LogP contribution in [-0.4, -0.2) is 47.3 Å². The Morgan fingerprint density at radius 1 is 1.38 bits per heavy atom. The van der Waals surface area contributed by atoms with Crippen molar-refractivity contribution in [3.05, 3.63) is 0 Å². The van der Waals surface area contributed by atoms with E-state index in [2.05, 4.69) is 24.1 Å². The lowest BCUT2D eigenvalue weighted by Crippen LogP contribution is -2.55. The zero-order valence-corrected chi connectivity index (χ0v) is 10.7. The van der Waals surface area contributed by atoms with Crippen molar-refractivity contribution in [3.63, 3.8) is 0 Å². The van der Waals surface area contributed by atoms with E-state index in [1.807, 2.05) is 0 Å². The van der Waals surface area contributed by atoms with Gasteiger partial charge in [-0.05, 0) is 45.6 Å². The standard InChI is InChI=1S/C13H26N2O/c1-3-12-5-4-8-15(12)9-13(2,10-16)14-11-6-7-11/h11-12,14,16H,3-10H2,1-2H3. The number of hydrogen-bond acceptors (Lipinski definition) is 3. The molecular weight excluding hydrogens is 200 g/mol. The molecule has 0 aromatic rings. The molecule has 3 heteroatoms. The normalized spacial score (nSPS) is 30.6. The summed E-state index contributed by atoms with van der Waals surface area (Å²) in [4.78, 5) is 2.56. The van der Waals surface area contributed by atoms with Crippen molar-refractivity contribution in [1.82, 2.24) is 10.2 Å². The summed E-state index contributed by atoms with van der Waals surface area (Å²) in [6, 6.07) is 1.41. The molecule has 2 fully saturated rings. The van der Waals surface area contributed by atoms with Gasteiger partial charge in [-0.3, -0.25) is 4.90 Å². The highest BCUT2D eigenvalue weighted by Crippen LogP contribution is 2.26. The molecule has 16 heavy (non-hydrogen) atoms. The van der Waals surface area contributed by atoms with E-state index in [1.54, 1.807) is 0 Å². The summed E-state index contributed by atoms with van der Waals surface area (Å²) in [5, 5.41) is 13.2. The van der Waals surface area contributed by atoms with Crippen molar-refractivity contribution >= 4 is 0 Å². The Balaban J connectivity index is 1.88. The highest BCUT2D eigenvalue weighted by atomic mass is 16.3. The summed E-state index contributed by atoms with van der Waals surface area (Å²) in [6.45, 7) is 6.89. The molecule has 0 amide bonds. The smallest absolute Gasteiger partial charge is 0.0623 e. The minimum atomic E-state index is -0.0983. The van der Waals surface area contributed by atoms with Crippen LogP contribution in [0.4, 0.5) is 0 Å². The van der Waals surface area contributed by atoms with Gasteiger partial charge < -0.3 is 10.4 Å². The van der Waals surface area contributed by atoms with Crippen molar-refractivity contribution in [2.24, 2.45) is 0 Å². The van der Waals surface area contributed by atoms with Crippen LogP contribution in [0, 0.1) is 0 Å². The van der Waals surface area contributed by atoms with Gasteiger partial charge in [0.05, 0.1) is 12.1 Å². The largest absolute Gasteiger partial charge is 0.394 e. The molecular formula is C13H26N2O. The molecule has 1 saturated heterocycles. The lowest BCUT2D eigenvalue weighted by atomic mass is 10.0. The van der Waals surface area contributed by atoms with Gasteiger partial charge in [0.2, 0.25) is 0 Å². The SMILES string of the molecule is CCC1CCCN1CC(C)(CO)NC1CC1. The highest BCUT2D eigenvalue weighted by molar-refractivity contribution is 4.96. The van der Waals surface area contributed by atoms with Crippen LogP contribution in [0.25, 0.3) is 0 Å². The minimum absolute atomic E-state index is 0.0983. The quantitative estimate of drug-likeness (QED) is 0.718. The minimum Gasteiger partial charge on any atom is -0.394 e. The van der Waals surface area contributed by atoms with E-state index in [9.17, 15) is 5.11 Å². The van der Waals surface area contributed by atoms with E-state index in [0.717, 1.165) is 12.6 Å². The Hall–Kier alpha value is -0.120. The highest BCUT2D eigenvalue weighted by Gasteiger charge is 2.35. The average Bonchev–Trinajstić information content (AvgIpc) is 2.96. The fraction of sp³-hybridized carbons (Fsp3) is 1.00. The van der Waals surface area contributed by atoms with E-state index < -0.39 is 0 Å². The van der Waals surface area contributed by atoms with Crippen molar-refractivity contribution in [3.8, 4) is 0 Å². The van der Waals surface area contributed by atoms with Gasteiger partial charge in [0.1, 0.15) is 0 Å². The molecule has 2 rings (SSSR count). The molecule has 1 aliphatic carbocycles.